The highest BCUT2D eigenvalue weighted by atomic mass is 16.2. The molecule has 0 spiro atoms. The summed E-state index contributed by atoms with van der Waals surface area (Å²) in [7, 11) is 0. The van der Waals surface area contributed by atoms with Gasteiger partial charge < -0.3 is 14.8 Å². The van der Waals surface area contributed by atoms with Crippen molar-refractivity contribution in [3.05, 3.63) is 48.3 Å². The van der Waals surface area contributed by atoms with Crippen LogP contribution in [-0.4, -0.2) is 51.5 Å². The van der Waals surface area contributed by atoms with Crippen molar-refractivity contribution >= 4 is 5.91 Å². The van der Waals surface area contributed by atoms with Crippen LogP contribution < -0.4 is 5.32 Å². The molecule has 1 N–H and O–H groups in total. The first-order chi connectivity index (χ1) is 12.3. The molecule has 0 saturated carbocycles. The zero-order valence-electron chi connectivity index (χ0n) is 14.5. The first-order valence-electron chi connectivity index (χ1n) is 9.20. The van der Waals surface area contributed by atoms with Crippen LogP contribution in [0, 0.1) is 5.92 Å². The molecule has 0 unspecified atom stereocenters. The van der Waals surface area contributed by atoms with Crippen molar-refractivity contribution in [2.45, 2.75) is 31.7 Å². The maximum Gasteiger partial charge on any atom is 0.227 e. The molecule has 0 radical (unpaired) electrons. The molecule has 0 bridgehead atoms. The van der Waals surface area contributed by atoms with E-state index >= 15 is 0 Å². The first-order valence-corrected chi connectivity index (χ1v) is 9.20. The van der Waals surface area contributed by atoms with Crippen molar-refractivity contribution in [3.63, 3.8) is 0 Å². The summed E-state index contributed by atoms with van der Waals surface area (Å²) in [5.41, 5.74) is 1.18. The van der Waals surface area contributed by atoms with Gasteiger partial charge in [0.1, 0.15) is 5.82 Å². The van der Waals surface area contributed by atoms with E-state index in [2.05, 4.69) is 30.8 Å². The van der Waals surface area contributed by atoms with Crippen LogP contribution >= 0.6 is 0 Å². The fraction of sp³-hybridized carbons (Fsp3) is 0.526. The number of pyridine rings is 1. The van der Waals surface area contributed by atoms with Gasteiger partial charge in [-0.3, -0.25) is 9.78 Å². The van der Waals surface area contributed by atoms with Crippen LogP contribution in [0.25, 0.3) is 0 Å². The maximum absolute atomic E-state index is 12.6. The zero-order chi connectivity index (χ0) is 17.1. The third-order valence-electron chi connectivity index (χ3n) is 5.40. The predicted octanol–water partition coefficient (Wildman–Crippen LogP) is 1.64. The Kier molecular flexibility index (Phi) is 4.78. The average molecular weight is 339 g/mol. The minimum absolute atomic E-state index is 0.184. The number of rotatable bonds is 4. The maximum atomic E-state index is 12.6. The van der Waals surface area contributed by atoms with E-state index in [-0.39, 0.29) is 5.92 Å². The Morgan fingerprint density at radius 2 is 2.12 bits per heavy atom. The van der Waals surface area contributed by atoms with Crippen molar-refractivity contribution in [1.29, 1.82) is 0 Å². The number of imidazole rings is 1. The van der Waals surface area contributed by atoms with Gasteiger partial charge in [0.05, 0.1) is 12.5 Å². The van der Waals surface area contributed by atoms with E-state index in [4.69, 9.17) is 0 Å². The highest BCUT2D eigenvalue weighted by Crippen LogP contribution is 2.28. The minimum Gasteiger partial charge on any atom is -0.342 e. The highest BCUT2D eigenvalue weighted by molar-refractivity contribution is 5.79. The van der Waals surface area contributed by atoms with Gasteiger partial charge in [0.2, 0.25) is 5.91 Å². The highest BCUT2D eigenvalue weighted by Gasteiger charge is 2.31. The van der Waals surface area contributed by atoms with Crippen molar-refractivity contribution in [1.82, 2.24) is 24.8 Å². The van der Waals surface area contributed by atoms with Crippen LogP contribution in [0.5, 0.6) is 0 Å². The molecule has 0 aromatic carbocycles. The van der Waals surface area contributed by atoms with Crippen molar-refractivity contribution in [3.8, 4) is 0 Å². The first kappa shape index (κ1) is 16.3. The number of likely N-dealkylation sites (tertiary alicyclic amines) is 1. The van der Waals surface area contributed by atoms with Gasteiger partial charge in [-0.25, -0.2) is 4.98 Å². The lowest BCUT2D eigenvalue weighted by atomic mass is 9.94. The van der Waals surface area contributed by atoms with Crippen LogP contribution in [-0.2, 0) is 11.3 Å². The SMILES string of the molecule is O=C([C@@H]1CCNC1)N1CCC(c2nccn2Cc2cccnc2)CC1. The molecule has 4 rings (SSSR count). The molecule has 6 nitrogen and oxygen atoms in total. The Morgan fingerprint density at radius 1 is 1.24 bits per heavy atom. The fourth-order valence-electron chi connectivity index (χ4n) is 3.98. The van der Waals surface area contributed by atoms with Crippen LogP contribution in [0.4, 0.5) is 0 Å². The molecule has 0 aliphatic carbocycles. The Morgan fingerprint density at radius 3 is 2.84 bits per heavy atom. The van der Waals surface area contributed by atoms with Gasteiger partial charge in [0.15, 0.2) is 0 Å². The van der Waals surface area contributed by atoms with Gasteiger partial charge in [-0.05, 0) is 37.4 Å². The van der Waals surface area contributed by atoms with Crippen molar-refractivity contribution in [2.75, 3.05) is 26.2 Å². The van der Waals surface area contributed by atoms with E-state index in [0.29, 0.717) is 11.8 Å². The second-order valence-corrected chi connectivity index (χ2v) is 7.06. The van der Waals surface area contributed by atoms with Crippen molar-refractivity contribution in [2.24, 2.45) is 5.92 Å². The molecule has 25 heavy (non-hydrogen) atoms. The number of nitrogens with zero attached hydrogens (tertiary/aromatic N) is 4. The Hall–Kier alpha value is -2.21. The predicted molar refractivity (Wildman–Crippen MR) is 95.1 cm³/mol. The third kappa shape index (κ3) is 3.58. The molecule has 2 saturated heterocycles. The summed E-state index contributed by atoms with van der Waals surface area (Å²) in [4.78, 5) is 23.4. The van der Waals surface area contributed by atoms with Crippen LogP contribution in [0.2, 0.25) is 0 Å². The van der Waals surface area contributed by atoms with E-state index in [1.165, 1.54) is 5.56 Å². The lowest BCUT2D eigenvalue weighted by molar-refractivity contribution is -0.136. The van der Waals surface area contributed by atoms with E-state index in [1.54, 1.807) is 6.20 Å². The lowest BCUT2D eigenvalue weighted by Gasteiger charge is -2.33. The number of aromatic nitrogens is 3. The number of carbonyl (C=O) groups is 1. The molecule has 2 aliphatic rings. The Balaban J connectivity index is 1.38. The molecule has 2 aliphatic heterocycles. The van der Waals surface area contributed by atoms with Gasteiger partial charge >= 0.3 is 0 Å². The lowest BCUT2D eigenvalue weighted by Crippen LogP contribution is -2.42. The summed E-state index contributed by atoms with van der Waals surface area (Å²) in [6.45, 7) is 4.31. The monoisotopic (exact) mass is 339 g/mol. The number of hydrogen-bond acceptors (Lipinski definition) is 4. The average Bonchev–Trinajstić information content (AvgIpc) is 3.34. The van der Waals surface area contributed by atoms with Crippen LogP contribution in [0.3, 0.4) is 0 Å². The molecule has 2 aromatic heterocycles. The summed E-state index contributed by atoms with van der Waals surface area (Å²) in [5.74, 6) is 2.09. The molecule has 1 amide bonds. The van der Waals surface area contributed by atoms with E-state index < -0.39 is 0 Å². The Bertz CT molecular complexity index is 700. The van der Waals surface area contributed by atoms with Gasteiger partial charge in [0, 0.05) is 50.3 Å². The van der Waals surface area contributed by atoms with Gasteiger partial charge in [-0.15, -0.1) is 0 Å². The van der Waals surface area contributed by atoms with Gasteiger partial charge in [-0.1, -0.05) is 6.07 Å². The standard InChI is InChI=1S/C19H25N5O/c25-19(17-3-7-21-13-17)23-9-4-16(5-10-23)18-22-8-11-24(18)14-15-2-1-6-20-12-15/h1-2,6,8,11-12,16-17,21H,3-5,7,9-10,13-14H2/t17-/m1/s1. The smallest absolute Gasteiger partial charge is 0.227 e. The summed E-state index contributed by atoms with van der Waals surface area (Å²) >= 11 is 0. The second-order valence-electron chi connectivity index (χ2n) is 7.06. The quantitative estimate of drug-likeness (QED) is 0.920. The Labute approximate surface area is 148 Å². The fourth-order valence-corrected chi connectivity index (χ4v) is 3.98. The van der Waals surface area contributed by atoms with Gasteiger partial charge in [-0.2, -0.15) is 0 Å². The van der Waals surface area contributed by atoms with Crippen LogP contribution in [0.15, 0.2) is 36.9 Å². The summed E-state index contributed by atoms with van der Waals surface area (Å²) < 4.78 is 2.22. The van der Waals surface area contributed by atoms with E-state index in [9.17, 15) is 4.79 Å². The largest absolute Gasteiger partial charge is 0.342 e. The normalized spacial score (nSPS) is 21.6. The summed E-state index contributed by atoms with van der Waals surface area (Å²) in [5, 5.41) is 3.29. The topological polar surface area (TPSA) is 63.1 Å². The number of hydrogen-bond donors (Lipinski definition) is 1. The summed E-state index contributed by atoms with van der Waals surface area (Å²) in [6.07, 6.45) is 10.6. The van der Waals surface area contributed by atoms with Crippen LogP contribution in [0.1, 0.15) is 36.6 Å². The van der Waals surface area contributed by atoms with Gasteiger partial charge in [0.25, 0.3) is 0 Å². The number of amides is 1. The van der Waals surface area contributed by atoms with E-state index in [0.717, 1.165) is 57.8 Å². The van der Waals surface area contributed by atoms with E-state index in [1.807, 2.05) is 24.7 Å². The zero-order valence-corrected chi connectivity index (χ0v) is 14.5. The number of piperidine rings is 1. The molecular formula is C19H25N5O. The van der Waals surface area contributed by atoms with Crippen molar-refractivity contribution < 1.29 is 4.79 Å². The number of carbonyl (C=O) groups excluding carboxylic acids is 1. The molecule has 2 aromatic rings. The summed E-state index contributed by atoms with van der Waals surface area (Å²) in [6, 6.07) is 4.06. The molecule has 1 atom stereocenters. The minimum atomic E-state index is 0.184. The molecule has 4 heterocycles. The second kappa shape index (κ2) is 7.35. The third-order valence-corrected chi connectivity index (χ3v) is 5.40. The molecule has 132 valence electrons. The molecule has 2 fully saturated rings. The molecular weight excluding hydrogens is 314 g/mol. The molecule has 6 heteroatoms. The number of nitrogens with one attached hydrogen (secondary N) is 1.